The van der Waals surface area contributed by atoms with Crippen LogP contribution in [0.2, 0.25) is 0 Å². The second-order valence-electron chi connectivity index (χ2n) is 5.53. The molecular weight excluding hydrogens is 262 g/mol. The molecule has 1 saturated carbocycles. The lowest BCUT2D eigenvalue weighted by Crippen LogP contribution is -2.57. The van der Waals surface area contributed by atoms with Gasteiger partial charge in [-0.3, -0.25) is 9.59 Å². The van der Waals surface area contributed by atoms with Crippen LogP contribution in [0.4, 0.5) is 0 Å². The van der Waals surface area contributed by atoms with E-state index in [9.17, 15) is 9.59 Å². The number of carbonyl (C=O) groups excluding carboxylic acids is 2. The fourth-order valence-electron chi connectivity index (χ4n) is 2.72. The second-order valence-corrected chi connectivity index (χ2v) is 5.97. The molecule has 2 fully saturated rings. The molecule has 0 aromatic rings. The molecule has 1 saturated heterocycles. The third kappa shape index (κ3) is 2.59. The summed E-state index contributed by atoms with van der Waals surface area (Å²) in [5.41, 5.74) is 4.97. The van der Waals surface area contributed by atoms with Crippen molar-refractivity contribution in [3.05, 3.63) is 0 Å². The molecule has 6 heteroatoms. The summed E-state index contributed by atoms with van der Waals surface area (Å²) in [5.74, 6) is -0.199. The molecule has 0 spiro atoms. The average Bonchev–Trinajstić information content (AvgIpc) is 2.78. The Bertz CT molecular complexity index is 401. The first-order valence-electron chi connectivity index (χ1n) is 6.87. The summed E-state index contributed by atoms with van der Waals surface area (Å²) in [6.45, 7) is 3.31. The van der Waals surface area contributed by atoms with Gasteiger partial charge in [0.1, 0.15) is 6.04 Å². The van der Waals surface area contributed by atoms with Crippen LogP contribution in [0.15, 0.2) is 0 Å². The Balaban J connectivity index is 1.94. The highest BCUT2D eigenvalue weighted by atomic mass is 32.1. The summed E-state index contributed by atoms with van der Waals surface area (Å²) in [6, 6.07) is -0.502. The normalized spacial score (nSPS) is 22.5. The van der Waals surface area contributed by atoms with E-state index in [1.165, 1.54) is 0 Å². The highest BCUT2D eigenvalue weighted by Gasteiger charge is 2.47. The van der Waals surface area contributed by atoms with Gasteiger partial charge >= 0.3 is 0 Å². The smallest absolute Gasteiger partial charge is 0.244 e. The van der Waals surface area contributed by atoms with E-state index in [4.69, 9.17) is 18.0 Å². The average molecular weight is 283 g/mol. The molecule has 1 aliphatic heterocycles. The van der Waals surface area contributed by atoms with Crippen LogP contribution in [0, 0.1) is 5.41 Å². The van der Waals surface area contributed by atoms with E-state index >= 15 is 0 Å². The highest BCUT2D eigenvalue weighted by molar-refractivity contribution is 7.80. The van der Waals surface area contributed by atoms with Crippen molar-refractivity contribution in [2.75, 3.05) is 13.1 Å². The maximum Gasteiger partial charge on any atom is 0.244 e. The van der Waals surface area contributed by atoms with Gasteiger partial charge in [-0.2, -0.15) is 0 Å². The molecule has 5 nitrogen and oxygen atoms in total. The first kappa shape index (κ1) is 14.2. The maximum atomic E-state index is 12.3. The largest absolute Gasteiger partial charge is 0.392 e. The number of hydrogen-bond donors (Lipinski definition) is 2. The van der Waals surface area contributed by atoms with Crippen LogP contribution < -0.4 is 11.1 Å². The highest BCUT2D eigenvalue weighted by Crippen LogP contribution is 2.41. The van der Waals surface area contributed by atoms with Gasteiger partial charge in [0.2, 0.25) is 11.8 Å². The molecule has 2 rings (SSSR count). The lowest BCUT2D eigenvalue weighted by molar-refractivity contribution is -0.138. The first-order valence-corrected chi connectivity index (χ1v) is 7.28. The van der Waals surface area contributed by atoms with Crippen LogP contribution in [0.25, 0.3) is 0 Å². The van der Waals surface area contributed by atoms with E-state index in [2.05, 4.69) is 5.32 Å². The summed E-state index contributed by atoms with van der Waals surface area (Å²) in [5, 5.41) is 2.78. The SMILES string of the molecule is CC(NC(=O)C1(C(N)=S)CCC1)C(=O)N1CCCC1. The first-order chi connectivity index (χ1) is 8.97. The summed E-state index contributed by atoms with van der Waals surface area (Å²) >= 11 is 5.00. The van der Waals surface area contributed by atoms with Gasteiger partial charge in [0, 0.05) is 13.1 Å². The zero-order valence-electron chi connectivity index (χ0n) is 11.3. The topological polar surface area (TPSA) is 75.4 Å². The van der Waals surface area contributed by atoms with Gasteiger partial charge in [-0.1, -0.05) is 18.6 Å². The Kier molecular flexibility index (Phi) is 4.08. The van der Waals surface area contributed by atoms with E-state index in [1.54, 1.807) is 11.8 Å². The molecule has 19 heavy (non-hydrogen) atoms. The number of thiocarbonyl (C=S) groups is 1. The number of hydrogen-bond acceptors (Lipinski definition) is 3. The lowest BCUT2D eigenvalue weighted by Gasteiger charge is -2.39. The standard InChI is InChI=1S/C13H21N3O2S/c1-9(10(17)16-7-2-3-8-16)15-12(18)13(11(14)19)5-4-6-13/h9H,2-8H2,1H3,(H2,14,19)(H,15,18). The molecule has 1 atom stereocenters. The number of nitrogens with zero attached hydrogens (tertiary/aromatic N) is 1. The minimum atomic E-state index is -0.713. The van der Waals surface area contributed by atoms with Crippen molar-refractivity contribution in [3.8, 4) is 0 Å². The molecule has 106 valence electrons. The molecule has 2 aliphatic rings. The van der Waals surface area contributed by atoms with Crippen molar-refractivity contribution >= 4 is 29.0 Å². The number of likely N-dealkylation sites (tertiary alicyclic amines) is 1. The lowest BCUT2D eigenvalue weighted by atomic mass is 9.68. The number of amides is 2. The van der Waals surface area contributed by atoms with Crippen molar-refractivity contribution in [3.63, 3.8) is 0 Å². The third-order valence-electron chi connectivity index (χ3n) is 4.25. The van der Waals surface area contributed by atoms with Gasteiger partial charge in [0.15, 0.2) is 0 Å². The molecule has 1 unspecified atom stereocenters. The molecular formula is C13H21N3O2S. The minimum absolute atomic E-state index is 0.0109. The predicted molar refractivity (Wildman–Crippen MR) is 76.5 cm³/mol. The fraction of sp³-hybridized carbons (Fsp3) is 0.769. The van der Waals surface area contributed by atoms with E-state index in [-0.39, 0.29) is 16.8 Å². The Labute approximate surface area is 118 Å². The van der Waals surface area contributed by atoms with Crippen LogP contribution in [-0.2, 0) is 9.59 Å². The molecule has 3 N–H and O–H groups in total. The predicted octanol–water partition coefficient (Wildman–Crippen LogP) is 0.570. The molecule has 0 radical (unpaired) electrons. The number of nitrogens with one attached hydrogen (secondary N) is 1. The van der Waals surface area contributed by atoms with Crippen molar-refractivity contribution in [2.24, 2.45) is 11.1 Å². The van der Waals surface area contributed by atoms with Gasteiger partial charge in [0.05, 0.1) is 10.4 Å². The van der Waals surface area contributed by atoms with E-state index in [0.29, 0.717) is 12.8 Å². The van der Waals surface area contributed by atoms with Crippen molar-refractivity contribution in [1.29, 1.82) is 0 Å². The Hall–Kier alpha value is -1.17. The minimum Gasteiger partial charge on any atom is -0.392 e. The number of nitrogens with two attached hydrogens (primary N) is 1. The molecule has 1 heterocycles. The fourth-order valence-corrected chi connectivity index (χ4v) is 3.02. The molecule has 0 bridgehead atoms. The zero-order chi connectivity index (χ0) is 14.0. The van der Waals surface area contributed by atoms with Crippen LogP contribution in [0.3, 0.4) is 0 Å². The quantitative estimate of drug-likeness (QED) is 0.740. The summed E-state index contributed by atoms with van der Waals surface area (Å²) in [7, 11) is 0. The van der Waals surface area contributed by atoms with Crippen LogP contribution in [0.1, 0.15) is 39.0 Å². The van der Waals surface area contributed by atoms with E-state index in [1.807, 2.05) is 0 Å². The third-order valence-corrected chi connectivity index (χ3v) is 4.64. The molecule has 0 aromatic carbocycles. The Morgan fingerprint density at radius 3 is 2.26 bits per heavy atom. The van der Waals surface area contributed by atoms with Gasteiger partial charge in [-0.25, -0.2) is 0 Å². The van der Waals surface area contributed by atoms with Gasteiger partial charge in [0.25, 0.3) is 0 Å². The molecule has 2 amide bonds. The Morgan fingerprint density at radius 1 is 1.26 bits per heavy atom. The van der Waals surface area contributed by atoms with E-state index < -0.39 is 11.5 Å². The van der Waals surface area contributed by atoms with Gasteiger partial charge in [-0.05, 0) is 32.6 Å². The van der Waals surface area contributed by atoms with Gasteiger partial charge < -0.3 is 16.0 Å². The summed E-state index contributed by atoms with van der Waals surface area (Å²) < 4.78 is 0. The molecule has 1 aliphatic carbocycles. The van der Waals surface area contributed by atoms with Crippen LogP contribution in [-0.4, -0.2) is 40.8 Å². The van der Waals surface area contributed by atoms with Crippen LogP contribution in [0.5, 0.6) is 0 Å². The monoisotopic (exact) mass is 283 g/mol. The summed E-state index contributed by atoms with van der Waals surface area (Å²) in [6.07, 6.45) is 4.43. The maximum absolute atomic E-state index is 12.3. The van der Waals surface area contributed by atoms with Crippen molar-refractivity contribution in [1.82, 2.24) is 10.2 Å². The Morgan fingerprint density at radius 2 is 1.84 bits per heavy atom. The zero-order valence-corrected chi connectivity index (χ0v) is 12.1. The number of rotatable bonds is 4. The van der Waals surface area contributed by atoms with E-state index in [0.717, 1.165) is 32.4 Å². The van der Waals surface area contributed by atoms with Crippen molar-refractivity contribution < 1.29 is 9.59 Å². The van der Waals surface area contributed by atoms with Crippen LogP contribution >= 0.6 is 12.2 Å². The molecule has 0 aromatic heterocycles. The second kappa shape index (κ2) is 5.45. The van der Waals surface area contributed by atoms with Gasteiger partial charge in [-0.15, -0.1) is 0 Å². The number of carbonyl (C=O) groups is 2. The van der Waals surface area contributed by atoms with Crippen molar-refractivity contribution in [2.45, 2.75) is 45.1 Å². The summed E-state index contributed by atoms with van der Waals surface area (Å²) in [4.78, 5) is 26.5.